The molecule has 1 fully saturated rings. The molecule has 108 valence electrons. The fraction of sp³-hybridized carbons (Fsp3) is 0.857. The summed E-state index contributed by atoms with van der Waals surface area (Å²) in [5.41, 5.74) is 0. The van der Waals surface area contributed by atoms with Crippen molar-refractivity contribution in [3.8, 4) is 0 Å². The van der Waals surface area contributed by atoms with E-state index in [1.807, 2.05) is 6.92 Å². The molecular weight excluding hydrogens is 240 g/mol. The second-order valence-electron chi connectivity index (χ2n) is 5.69. The fourth-order valence-corrected chi connectivity index (χ4v) is 2.55. The van der Waals surface area contributed by atoms with E-state index in [9.17, 15) is 0 Å². The van der Waals surface area contributed by atoms with Gasteiger partial charge in [-0.25, -0.2) is 0 Å². The highest BCUT2D eigenvalue weighted by Crippen LogP contribution is 2.15. The molecule has 1 aromatic rings. The van der Waals surface area contributed by atoms with Crippen LogP contribution < -0.4 is 5.32 Å². The number of nitrogens with one attached hydrogen (secondary N) is 1. The zero-order valence-corrected chi connectivity index (χ0v) is 12.4. The number of hydrogen-bond acceptors (Lipinski definition) is 5. The lowest BCUT2D eigenvalue weighted by atomic mass is 9.98. The van der Waals surface area contributed by atoms with Crippen LogP contribution in [0.5, 0.6) is 0 Å². The van der Waals surface area contributed by atoms with Crippen LogP contribution in [-0.2, 0) is 13.0 Å². The van der Waals surface area contributed by atoms with E-state index in [2.05, 4.69) is 34.2 Å². The third-order valence-corrected chi connectivity index (χ3v) is 3.78. The van der Waals surface area contributed by atoms with Crippen LogP contribution in [0.1, 0.15) is 45.3 Å². The molecule has 0 amide bonds. The Hall–Kier alpha value is -0.940. The predicted molar refractivity (Wildman–Crippen MR) is 74.8 cm³/mol. The van der Waals surface area contributed by atoms with Gasteiger partial charge in [0.05, 0.1) is 6.54 Å². The molecule has 0 bridgehead atoms. The van der Waals surface area contributed by atoms with Crippen molar-refractivity contribution in [2.75, 3.05) is 19.6 Å². The minimum absolute atomic E-state index is 0.505. The fourth-order valence-electron chi connectivity index (χ4n) is 2.55. The zero-order valence-electron chi connectivity index (χ0n) is 12.4. The van der Waals surface area contributed by atoms with Gasteiger partial charge in [0.2, 0.25) is 5.89 Å². The molecule has 0 spiro atoms. The molecule has 1 aliphatic heterocycles. The summed E-state index contributed by atoms with van der Waals surface area (Å²) in [6.45, 7) is 10.7. The Morgan fingerprint density at radius 1 is 1.47 bits per heavy atom. The molecule has 5 nitrogen and oxygen atoms in total. The highest BCUT2D eigenvalue weighted by atomic mass is 16.5. The molecule has 0 aliphatic carbocycles. The summed E-state index contributed by atoms with van der Waals surface area (Å²) < 4.78 is 5.18. The smallest absolute Gasteiger partial charge is 0.226 e. The van der Waals surface area contributed by atoms with Crippen LogP contribution in [0.2, 0.25) is 0 Å². The van der Waals surface area contributed by atoms with Crippen LogP contribution in [0.25, 0.3) is 0 Å². The summed E-state index contributed by atoms with van der Waals surface area (Å²) in [5.74, 6) is 2.29. The van der Waals surface area contributed by atoms with E-state index < -0.39 is 0 Å². The summed E-state index contributed by atoms with van der Waals surface area (Å²) in [6.07, 6.45) is 3.42. The van der Waals surface area contributed by atoms with Gasteiger partial charge in [-0.15, -0.1) is 0 Å². The lowest BCUT2D eigenvalue weighted by molar-refractivity contribution is 0.158. The Labute approximate surface area is 115 Å². The third kappa shape index (κ3) is 4.28. The molecule has 1 N–H and O–H groups in total. The van der Waals surface area contributed by atoms with Crippen LogP contribution in [0, 0.1) is 5.92 Å². The van der Waals surface area contributed by atoms with Gasteiger partial charge in [0, 0.05) is 19.0 Å². The standard InChI is InChI=1S/C14H26N4O/c1-4-14-16-13(17-19-14)10-18(11(2)3)9-12-6-5-7-15-8-12/h11-12,15H,4-10H2,1-3H3. The van der Waals surface area contributed by atoms with Crippen molar-refractivity contribution in [1.29, 1.82) is 0 Å². The summed E-state index contributed by atoms with van der Waals surface area (Å²) in [7, 11) is 0. The molecule has 0 saturated carbocycles. The highest BCUT2D eigenvalue weighted by Gasteiger charge is 2.20. The predicted octanol–water partition coefficient (Wildman–Crippen LogP) is 1.84. The molecule has 2 rings (SSSR count). The summed E-state index contributed by atoms with van der Waals surface area (Å²) in [4.78, 5) is 6.86. The van der Waals surface area contributed by atoms with Gasteiger partial charge in [0.1, 0.15) is 0 Å². The van der Waals surface area contributed by atoms with Crippen molar-refractivity contribution in [3.05, 3.63) is 11.7 Å². The average molecular weight is 266 g/mol. The van der Waals surface area contributed by atoms with E-state index in [-0.39, 0.29) is 0 Å². The second-order valence-corrected chi connectivity index (χ2v) is 5.69. The molecular formula is C14H26N4O. The maximum Gasteiger partial charge on any atom is 0.226 e. The number of aryl methyl sites for hydroxylation is 1. The average Bonchev–Trinajstić information content (AvgIpc) is 2.87. The maximum absolute atomic E-state index is 5.18. The van der Waals surface area contributed by atoms with E-state index in [0.29, 0.717) is 6.04 Å². The minimum atomic E-state index is 0.505. The van der Waals surface area contributed by atoms with E-state index >= 15 is 0 Å². The van der Waals surface area contributed by atoms with E-state index in [0.717, 1.165) is 43.7 Å². The molecule has 1 unspecified atom stereocenters. The molecule has 0 radical (unpaired) electrons. The Morgan fingerprint density at radius 2 is 2.32 bits per heavy atom. The first kappa shape index (κ1) is 14.5. The Morgan fingerprint density at radius 3 is 2.89 bits per heavy atom. The van der Waals surface area contributed by atoms with Crippen molar-refractivity contribution in [3.63, 3.8) is 0 Å². The van der Waals surface area contributed by atoms with Gasteiger partial charge < -0.3 is 9.84 Å². The Bertz CT molecular complexity index is 371. The van der Waals surface area contributed by atoms with Crippen molar-refractivity contribution < 1.29 is 4.52 Å². The van der Waals surface area contributed by atoms with Gasteiger partial charge in [-0.05, 0) is 45.7 Å². The van der Waals surface area contributed by atoms with Gasteiger partial charge in [-0.1, -0.05) is 12.1 Å². The number of nitrogens with zero attached hydrogens (tertiary/aromatic N) is 3. The lowest BCUT2D eigenvalue weighted by Gasteiger charge is -2.31. The number of rotatable bonds is 6. The number of hydrogen-bond donors (Lipinski definition) is 1. The second kappa shape index (κ2) is 7.01. The first-order valence-electron chi connectivity index (χ1n) is 7.45. The van der Waals surface area contributed by atoms with Crippen LogP contribution in [-0.4, -0.2) is 40.7 Å². The first-order chi connectivity index (χ1) is 9.19. The van der Waals surface area contributed by atoms with Crippen LogP contribution >= 0.6 is 0 Å². The van der Waals surface area contributed by atoms with Crippen molar-refractivity contribution in [1.82, 2.24) is 20.4 Å². The van der Waals surface area contributed by atoms with Gasteiger partial charge in [-0.2, -0.15) is 4.98 Å². The topological polar surface area (TPSA) is 54.2 Å². The van der Waals surface area contributed by atoms with Gasteiger partial charge >= 0.3 is 0 Å². The molecule has 19 heavy (non-hydrogen) atoms. The highest BCUT2D eigenvalue weighted by molar-refractivity contribution is 4.87. The molecule has 0 aromatic carbocycles. The van der Waals surface area contributed by atoms with Gasteiger partial charge in [-0.3, -0.25) is 4.90 Å². The van der Waals surface area contributed by atoms with Crippen LogP contribution in [0.3, 0.4) is 0 Å². The van der Waals surface area contributed by atoms with E-state index in [1.165, 1.54) is 19.4 Å². The van der Waals surface area contributed by atoms with Crippen molar-refractivity contribution in [2.24, 2.45) is 5.92 Å². The van der Waals surface area contributed by atoms with Crippen molar-refractivity contribution >= 4 is 0 Å². The largest absolute Gasteiger partial charge is 0.339 e. The monoisotopic (exact) mass is 266 g/mol. The molecule has 1 saturated heterocycles. The number of piperidine rings is 1. The van der Waals surface area contributed by atoms with Gasteiger partial charge in [0.25, 0.3) is 0 Å². The van der Waals surface area contributed by atoms with Crippen molar-refractivity contribution in [2.45, 2.75) is 52.6 Å². The first-order valence-corrected chi connectivity index (χ1v) is 7.45. The Kier molecular flexibility index (Phi) is 5.34. The summed E-state index contributed by atoms with van der Waals surface area (Å²) >= 11 is 0. The van der Waals surface area contributed by atoms with Crippen LogP contribution in [0.4, 0.5) is 0 Å². The minimum Gasteiger partial charge on any atom is -0.339 e. The molecule has 1 aromatic heterocycles. The quantitative estimate of drug-likeness (QED) is 0.851. The van der Waals surface area contributed by atoms with Crippen LogP contribution in [0.15, 0.2) is 4.52 Å². The summed E-state index contributed by atoms with van der Waals surface area (Å²) in [5, 5.41) is 7.54. The Balaban J connectivity index is 1.91. The maximum atomic E-state index is 5.18. The number of aromatic nitrogens is 2. The SMILES string of the molecule is CCc1nc(CN(CC2CCCNC2)C(C)C)no1. The molecule has 5 heteroatoms. The summed E-state index contributed by atoms with van der Waals surface area (Å²) in [6, 6.07) is 0.505. The van der Waals surface area contributed by atoms with Gasteiger partial charge in [0.15, 0.2) is 5.82 Å². The zero-order chi connectivity index (χ0) is 13.7. The molecule has 2 heterocycles. The molecule has 1 aliphatic rings. The van der Waals surface area contributed by atoms with E-state index in [1.54, 1.807) is 0 Å². The van der Waals surface area contributed by atoms with E-state index in [4.69, 9.17) is 4.52 Å². The normalized spacial score (nSPS) is 20.4. The molecule has 1 atom stereocenters. The lowest BCUT2D eigenvalue weighted by Crippen LogP contribution is -2.41. The third-order valence-electron chi connectivity index (χ3n) is 3.78.